The molecular weight excluding hydrogens is 246 g/mol. The normalized spacial score (nSPS) is 12.6. The van der Waals surface area contributed by atoms with Crippen LogP contribution in [0.3, 0.4) is 0 Å². The van der Waals surface area contributed by atoms with Crippen LogP contribution in [0, 0.1) is 0 Å². The third kappa shape index (κ3) is 2.74. The van der Waals surface area contributed by atoms with E-state index in [1.165, 1.54) is 5.56 Å². The summed E-state index contributed by atoms with van der Waals surface area (Å²) < 4.78 is 1.84. The molecule has 0 spiro atoms. The molecule has 0 fully saturated rings. The number of nitrogens with zero attached hydrogens (tertiary/aromatic N) is 2. The van der Waals surface area contributed by atoms with Crippen LogP contribution < -0.4 is 5.32 Å². The third-order valence-electron chi connectivity index (χ3n) is 2.94. The molecule has 4 heteroatoms. The fourth-order valence-corrected chi connectivity index (χ4v) is 2.33. The molecule has 1 heterocycles. The Hall–Kier alpha value is -1.32. The molecule has 0 saturated heterocycles. The monoisotopic (exact) mass is 263 g/mol. The average Bonchev–Trinajstić information content (AvgIpc) is 2.72. The van der Waals surface area contributed by atoms with Crippen LogP contribution in [0.1, 0.15) is 30.6 Å². The molecule has 0 aliphatic heterocycles. The van der Waals surface area contributed by atoms with Crippen molar-refractivity contribution in [1.29, 1.82) is 0 Å². The average molecular weight is 264 g/mol. The van der Waals surface area contributed by atoms with Crippen molar-refractivity contribution in [2.75, 3.05) is 6.54 Å². The molecule has 1 atom stereocenters. The molecule has 3 nitrogen and oxygen atoms in total. The van der Waals surface area contributed by atoms with E-state index in [0.29, 0.717) is 5.02 Å². The van der Waals surface area contributed by atoms with Gasteiger partial charge >= 0.3 is 0 Å². The van der Waals surface area contributed by atoms with E-state index < -0.39 is 0 Å². The molecular formula is C14H18ClN3. The molecule has 1 aromatic heterocycles. The summed E-state index contributed by atoms with van der Waals surface area (Å²) in [6.45, 7) is 3.10. The van der Waals surface area contributed by atoms with Crippen LogP contribution in [0.25, 0.3) is 0 Å². The Bertz CT molecular complexity index is 473. The standard InChI is InChI=1S/C14H18ClN3/c1-3-9-16-13(11-7-5-4-6-8-11)14-12(15)10-17-18(14)2/h4-8,10,13,16H,3,9H2,1-2H3. The summed E-state index contributed by atoms with van der Waals surface area (Å²) in [5.41, 5.74) is 2.22. The molecule has 18 heavy (non-hydrogen) atoms. The highest BCUT2D eigenvalue weighted by atomic mass is 35.5. The van der Waals surface area contributed by atoms with Crippen molar-refractivity contribution in [2.45, 2.75) is 19.4 Å². The number of hydrogen-bond donors (Lipinski definition) is 1. The van der Waals surface area contributed by atoms with Gasteiger partial charge in [-0.05, 0) is 18.5 Å². The van der Waals surface area contributed by atoms with Crippen LogP contribution in [0.15, 0.2) is 36.5 Å². The highest BCUT2D eigenvalue weighted by molar-refractivity contribution is 6.31. The van der Waals surface area contributed by atoms with Gasteiger partial charge in [0.2, 0.25) is 0 Å². The topological polar surface area (TPSA) is 29.9 Å². The van der Waals surface area contributed by atoms with E-state index in [-0.39, 0.29) is 6.04 Å². The largest absolute Gasteiger partial charge is 0.305 e. The SMILES string of the molecule is CCCNC(c1ccccc1)c1c(Cl)cnn1C. The van der Waals surface area contributed by atoms with Gasteiger partial charge in [-0.25, -0.2) is 0 Å². The zero-order chi connectivity index (χ0) is 13.0. The Morgan fingerprint density at radius 2 is 2.06 bits per heavy atom. The molecule has 2 rings (SSSR count). The molecule has 96 valence electrons. The van der Waals surface area contributed by atoms with E-state index >= 15 is 0 Å². The summed E-state index contributed by atoms with van der Waals surface area (Å²) in [4.78, 5) is 0. The molecule has 1 N–H and O–H groups in total. The lowest BCUT2D eigenvalue weighted by Crippen LogP contribution is -2.25. The van der Waals surface area contributed by atoms with Crippen LogP contribution in [0.4, 0.5) is 0 Å². The van der Waals surface area contributed by atoms with E-state index in [1.807, 2.05) is 29.9 Å². The fraction of sp³-hybridized carbons (Fsp3) is 0.357. The molecule has 1 unspecified atom stereocenters. The third-order valence-corrected chi connectivity index (χ3v) is 3.23. The van der Waals surface area contributed by atoms with Gasteiger partial charge in [0.25, 0.3) is 0 Å². The number of nitrogens with one attached hydrogen (secondary N) is 1. The minimum absolute atomic E-state index is 0.0890. The smallest absolute Gasteiger partial charge is 0.0837 e. The highest BCUT2D eigenvalue weighted by Gasteiger charge is 2.19. The van der Waals surface area contributed by atoms with Crippen molar-refractivity contribution < 1.29 is 0 Å². The fourth-order valence-electron chi connectivity index (χ4n) is 2.05. The van der Waals surface area contributed by atoms with Crippen LogP contribution >= 0.6 is 11.6 Å². The number of aromatic nitrogens is 2. The maximum absolute atomic E-state index is 6.25. The molecule has 0 aliphatic rings. The lowest BCUT2D eigenvalue weighted by molar-refractivity contribution is 0.554. The summed E-state index contributed by atoms with van der Waals surface area (Å²) in [7, 11) is 1.92. The Balaban J connectivity index is 2.37. The molecule has 1 aromatic carbocycles. The summed E-state index contributed by atoms with van der Waals surface area (Å²) in [6, 6.07) is 10.4. The van der Waals surface area contributed by atoms with Crippen molar-refractivity contribution >= 4 is 11.6 Å². The molecule has 0 radical (unpaired) electrons. The molecule has 0 saturated carbocycles. The van der Waals surface area contributed by atoms with Gasteiger partial charge in [0.1, 0.15) is 0 Å². The second-order valence-electron chi connectivity index (χ2n) is 4.30. The lowest BCUT2D eigenvalue weighted by Gasteiger charge is -2.20. The Kier molecular flexibility index (Phi) is 4.39. The number of halogens is 1. The van der Waals surface area contributed by atoms with E-state index in [0.717, 1.165) is 18.7 Å². The van der Waals surface area contributed by atoms with E-state index in [1.54, 1.807) is 6.20 Å². The minimum atomic E-state index is 0.0890. The summed E-state index contributed by atoms with van der Waals surface area (Å²) in [5, 5.41) is 8.44. The summed E-state index contributed by atoms with van der Waals surface area (Å²) in [6.07, 6.45) is 2.78. The second kappa shape index (κ2) is 6.03. The van der Waals surface area contributed by atoms with Gasteiger partial charge in [-0.3, -0.25) is 4.68 Å². The van der Waals surface area contributed by atoms with Crippen molar-refractivity contribution in [3.63, 3.8) is 0 Å². The van der Waals surface area contributed by atoms with Crippen LogP contribution in [0.2, 0.25) is 5.02 Å². The summed E-state index contributed by atoms with van der Waals surface area (Å²) in [5.74, 6) is 0. The first kappa shape index (κ1) is 13.1. The predicted octanol–water partition coefficient (Wildman–Crippen LogP) is 3.16. The molecule has 0 aliphatic carbocycles. The van der Waals surface area contributed by atoms with Crippen molar-refractivity contribution in [3.05, 3.63) is 52.8 Å². The van der Waals surface area contributed by atoms with Gasteiger partial charge in [-0.15, -0.1) is 0 Å². The predicted molar refractivity (Wildman–Crippen MR) is 74.8 cm³/mol. The van der Waals surface area contributed by atoms with Gasteiger partial charge in [-0.2, -0.15) is 5.10 Å². The first-order valence-electron chi connectivity index (χ1n) is 6.19. The number of aryl methyl sites for hydroxylation is 1. The van der Waals surface area contributed by atoms with Gasteiger partial charge in [0.15, 0.2) is 0 Å². The Labute approximate surface area is 113 Å². The molecule has 2 aromatic rings. The highest BCUT2D eigenvalue weighted by Crippen LogP contribution is 2.27. The van der Waals surface area contributed by atoms with Crippen molar-refractivity contribution in [2.24, 2.45) is 7.05 Å². The van der Waals surface area contributed by atoms with Gasteiger partial charge in [-0.1, -0.05) is 48.9 Å². The quantitative estimate of drug-likeness (QED) is 0.898. The van der Waals surface area contributed by atoms with Crippen molar-refractivity contribution in [1.82, 2.24) is 15.1 Å². The lowest BCUT2D eigenvalue weighted by atomic mass is 10.0. The molecule has 0 amide bonds. The Morgan fingerprint density at radius 1 is 1.33 bits per heavy atom. The first-order chi connectivity index (χ1) is 8.74. The zero-order valence-electron chi connectivity index (χ0n) is 10.7. The van der Waals surface area contributed by atoms with E-state index in [4.69, 9.17) is 11.6 Å². The maximum Gasteiger partial charge on any atom is 0.0837 e. The van der Waals surface area contributed by atoms with Gasteiger partial charge in [0, 0.05) is 7.05 Å². The number of rotatable bonds is 5. The Morgan fingerprint density at radius 3 is 2.61 bits per heavy atom. The van der Waals surface area contributed by atoms with Crippen LogP contribution in [-0.4, -0.2) is 16.3 Å². The van der Waals surface area contributed by atoms with Crippen LogP contribution in [-0.2, 0) is 7.05 Å². The zero-order valence-corrected chi connectivity index (χ0v) is 11.5. The first-order valence-corrected chi connectivity index (χ1v) is 6.57. The maximum atomic E-state index is 6.25. The number of benzene rings is 1. The van der Waals surface area contributed by atoms with Gasteiger partial charge < -0.3 is 5.32 Å². The second-order valence-corrected chi connectivity index (χ2v) is 4.71. The van der Waals surface area contributed by atoms with Crippen molar-refractivity contribution in [3.8, 4) is 0 Å². The van der Waals surface area contributed by atoms with Gasteiger partial charge in [0.05, 0.1) is 23.0 Å². The molecule has 0 bridgehead atoms. The van der Waals surface area contributed by atoms with E-state index in [2.05, 4.69) is 29.5 Å². The van der Waals surface area contributed by atoms with Crippen LogP contribution in [0.5, 0.6) is 0 Å². The minimum Gasteiger partial charge on any atom is -0.305 e. The summed E-state index contributed by atoms with van der Waals surface area (Å²) >= 11 is 6.25. The number of hydrogen-bond acceptors (Lipinski definition) is 2. The van der Waals surface area contributed by atoms with E-state index in [9.17, 15) is 0 Å².